The van der Waals surface area contributed by atoms with Crippen LogP contribution in [0.5, 0.6) is 0 Å². The summed E-state index contributed by atoms with van der Waals surface area (Å²) in [6, 6.07) is 0. The second-order valence-electron chi connectivity index (χ2n) is 11.3. The number of aliphatic hydroxyl groups excluding tert-OH is 2. The Morgan fingerprint density at radius 1 is 1.22 bits per heavy atom. The largest absolute Gasteiger partial charge is 0.393 e. The maximum absolute atomic E-state index is 13.1. The van der Waals surface area contributed by atoms with Gasteiger partial charge in [-0.2, -0.15) is 0 Å². The van der Waals surface area contributed by atoms with Crippen LogP contribution in [0.2, 0.25) is 0 Å². The first-order chi connectivity index (χ1) is 15.2. The van der Waals surface area contributed by atoms with Crippen LogP contribution in [0.1, 0.15) is 65.2 Å². The van der Waals surface area contributed by atoms with Crippen LogP contribution in [0, 0.1) is 29.1 Å². The van der Waals surface area contributed by atoms with Gasteiger partial charge in [0.25, 0.3) is 0 Å². The third-order valence-electron chi connectivity index (χ3n) is 9.20. The second kappa shape index (κ2) is 9.68. The van der Waals surface area contributed by atoms with E-state index in [-0.39, 0.29) is 5.41 Å². The molecule has 3 nitrogen and oxygen atoms in total. The number of allylic oxidation sites excluding steroid dienone is 3. The van der Waals surface area contributed by atoms with Crippen molar-refractivity contribution in [2.45, 2.75) is 83.8 Å². The van der Waals surface area contributed by atoms with Gasteiger partial charge in [-0.05, 0) is 85.8 Å². The van der Waals surface area contributed by atoms with E-state index in [0.717, 1.165) is 30.7 Å². The minimum Gasteiger partial charge on any atom is -0.393 e. The SMILES string of the molecule is C=C1/C(=C\C=C2/CCC[C@]3(C)[C@@H]([C@H](C)CN4CC[C@@H](C(F)F)C4)CC[C@@H]23)CC(O)CC1O. The molecule has 5 heteroatoms. The quantitative estimate of drug-likeness (QED) is 0.595. The van der Waals surface area contributed by atoms with Gasteiger partial charge in [0.1, 0.15) is 0 Å². The Kier molecular flexibility index (Phi) is 7.29. The van der Waals surface area contributed by atoms with Crippen molar-refractivity contribution in [2.24, 2.45) is 29.1 Å². The Morgan fingerprint density at radius 2 is 2.00 bits per heavy atom. The van der Waals surface area contributed by atoms with Crippen LogP contribution in [0.25, 0.3) is 0 Å². The molecule has 7 atom stereocenters. The fraction of sp³-hybridized carbons (Fsp3) is 0.778. The highest BCUT2D eigenvalue weighted by Gasteiger charge is 2.51. The number of rotatable bonds is 5. The molecule has 1 saturated heterocycles. The second-order valence-corrected chi connectivity index (χ2v) is 11.3. The zero-order valence-electron chi connectivity index (χ0n) is 19.8. The van der Waals surface area contributed by atoms with Gasteiger partial charge in [-0.25, -0.2) is 8.78 Å². The highest BCUT2D eigenvalue weighted by Crippen LogP contribution is 2.59. The van der Waals surface area contributed by atoms with Crippen molar-refractivity contribution in [1.82, 2.24) is 4.90 Å². The summed E-state index contributed by atoms with van der Waals surface area (Å²) in [7, 11) is 0. The van der Waals surface area contributed by atoms with E-state index in [1.807, 2.05) is 0 Å². The lowest BCUT2D eigenvalue weighted by atomic mass is 9.61. The first-order valence-electron chi connectivity index (χ1n) is 12.6. The molecule has 1 aliphatic heterocycles. The first kappa shape index (κ1) is 24.1. The molecule has 180 valence electrons. The van der Waals surface area contributed by atoms with Crippen LogP contribution in [0.15, 0.2) is 35.5 Å². The third-order valence-corrected chi connectivity index (χ3v) is 9.20. The monoisotopic (exact) mass is 449 g/mol. The van der Waals surface area contributed by atoms with E-state index in [2.05, 4.69) is 37.5 Å². The standard InChI is InChI=1S/C27H41F2NO2/c1-17(15-30-12-10-21(16-30)26(28)29)23-8-9-24-19(5-4-11-27(23,24)3)6-7-20-13-22(31)14-25(32)18(20)2/h6-7,17,21-26,31-32H,2,4-5,8-16H2,1,3H3/b19-6+,20-7-/t17-,21-,22?,23-,24+,25?,27-/m1/s1. The molecule has 3 saturated carbocycles. The smallest absolute Gasteiger partial charge is 0.242 e. The van der Waals surface area contributed by atoms with Gasteiger partial charge in [0.15, 0.2) is 0 Å². The van der Waals surface area contributed by atoms with Gasteiger partial charge in [0, 0.05) is 25.4 Å². The van der Waals surface area contributed by atoms with Crippen LogP contribution < -0.4 is 0 Å². The molecular weight excluding hydrogens is 408 g/mol. The summed E-state index contributed by atoms with van der Waals surface area (Å²) in [6.07, 6.45) is 8.56. The molecule has 4 aliphatic rings. The highest BCUT2D eigenvalue weighted by molar-refractivity contribution is 5.38. The molecule has 3 aliphatic carbocycles. The summed E-state index contributed by atoms with van der Waals surface area (Å²) in [6.45, 7) is 11.1. The minimum absolute atomic E-state index is 0.270. The van der Waals surface area contributed by atoms with Crippen LogP contribution in [-0.2, 0) is 0 Å². The molecule has 4 rings (SSSR count). The van der Waals surface area contributed by atoms with E-state index in [1.54, 1.807) is 0 Å². The van der Waals surface area contributed by atoms with Crippen molar-refractivity contribution < 1.29 is 19.0 Å². The zero-order chi connectivity index (χ0) is 23.0. The molecule has 32 heavy (non-hydrogen) atoms. The number of alkyl halides is 2. The fourth-order valence-corrected chi connectivity index (χ4v) is 7.45. The van der Waals surface area contributed by atoms with Gasteiger partial charge >= 0.3 is 0 Å². The van der Waals surface area contributed by atoms with E-state index >= 15 is 0 Å². The van der Waals surface area contributed by atoms with Crippen molar-refractivity contribution in [1.29, 1.82) is 0 Å². The molecule has 0 aromatic heterocycles. The Balaban J connectivity index is 1.44. The Hall–Kier alpha value is -1.04. The molecule has 2 unspecified atom stereocenters. The van der Waals surface area contributed by atoms with Crippen molar-refractivity contribution >= 4 is 0 Å². The normalized spacial score (nSPS) is 42.2. The predicted octanol–water partition coefficient (Wildman–Crippen LogP) is 5.35. The van der Waals surface area contributed by atoms with Crippen molar-refractivity contribution in [3.63, 3.8) is 0 Å². The molecule has 1 heterocycles. The summed E-state index contributed by atoms with van der Waals surface area (Å²) in [5.74, 6) is 1.27. The lowest BCUT2D eigenvalue weighted by molar-refractivity contribution is 0.0672. The van der Waals surface area contributed by atoms with Gasteiger partial charge in [-0.3, -0.25) is 0 Å². The summed E-state index contributed by atoms with van der Waals surface area (Å²) < 4.78 is 26.2. The summed E-state index contributed by atoms with van der Waals surface area (Å²) in [4.78, 5) is 2.27. The average molecular weight is 450 g/mol. The predicted molar refractivity (Wildman–Crippen MR) is 124 cm³/mol. The molecule has 4 fully saturated rings. The topological polar surface area (TPSA) is 43.7 Å². The number of halogens is 2. The lowest BCUT2D eigenvalue weighted by Gasteiger charge is -2.45. The maximum atomic E-state index is 13.1. The van der Waals surface area contributed by atoms with Crippen LogP contribution in [0.4, 0.5) is 8.78 Å². The lowest BCUT2D eigenvalue weighted by Crippen LogP contribution is -2.39. The van der Waals surface area contributed by atoms with Gasteiger partial charge < -0.3 is 15.1 Å². The molecule has 0 bridgehead atoms. The van der Waals surface area contributed by atoms with E-state index in [1.165, 1.54) is 31.3 Å². The van der Waals surface area contributed by atoms with Gasteiger partial charge in [-0.1, -0.05) is 38.2 Å². The molecule has 2 N–H and O–H groups in total. The fourth-order valence-electron chi connectivity index (χ4n) is 7.45. The van der Waals surface area contributed by atoms with Crippen molar-refractivity contribution in [2.75, 3.05) is 19.6 Å². The Bertz CT molecular complexity index is 763. The number of fused-ring (bicyclic) bond motifs is 1. The molecule has 0 aromatic carbocycles. The van der Waals surface area contributed by atoms with Gasteiger partial charge in [0.05, 0.1) is 12.2 Å². The molecule has 0 amide bonds. The van der Waals surface area contributed by atoms with E-state index < -0.39 is 24.6 Å². The average Bonchev–Trinajstić information content (AvgIpc) is 3.33. The highest BCUT2D eigenvalue weighted by atomic mass is 19.3. The number of likely N-dealkylation sites (tertiary alicyclic amines) is 1. The minimum atomic E-state index is -2.19. The van der Waals surface area contributed by atoms with Gasteiger partial charge in [-0.15, -0.1) is 0 Å². The third kappa shape index (κ3) is 4.76. The number of aliphatic hydroxyl groups is 2. The molecule has 0 spiro atoms. The molecular formula is C27H41F2NO2. The van der Waals surface area contributed by atoms with E-state index in [9.17, 15) is 19.0 Å². The summed E-state index contributed by atoms with van der Waals surface area (Å²) >= 11 is 0. The van der Waals surface area contributed by atoms with Crippen molar-refractivity contribution in [3.05, 3.63) is 35.5 Å². The zero-order valence-corrected chi connectivity index (χ0v) is 19.8. The molecule has 0 aromatic rings. The number of hydrogen-bond acceptors (Lipinski definition) is 3. The van der Waals surface area contributed by atoms with Crippen LogP contribution in [0.3, 0.4) is 0 Å². The van der Waals surface area contributed by atoms with Gasteiger partial charge in [0.2, 0.25) is 6.43 Å². The van der Waals surface area contributed by atoms with Crippen LogP contribution in [-0.4, -0.2) is 53.4 Å². The Morgan fingerprint density at radius 3 is 2.72 bits per heavy atom. The first-order valence-corrected chi connectivity index (χ1v) is 12.6. The summed E-state index contributed by atoms with van der Waals surface area (Å²) in [5.41, 5.74) is 3.49. The maximum Gasteiger partial charge on any atom is 0.242 e. The summed E-state index contributed by atoms with van der Waals surface area (Å²) in [5, 5.41) is 20.2. The van der Waals surface area contributed by atoms with Crippen molar-refractivity contribution in [3.8, 4) is 0 Å². The Labute approximate surface area is 192 Å². The van der Waals surface area contributed by atoms with Crippen LogP contribution >= 0.6 is 0 Å². The number of nitrogens with zero attached hydrogens (tertiary/aromatic N) is 1. The van der Waals surface area contributed by atoms with E-state index in [0.29, 0.717) is 43.6 Å². The number of hydrogen-bond donors (Lipinski definition) is 2. The molecule has 0 radical (unpaired) electrons. The van der Waals surface area contributed by atoms with E-state index in [4.69, 9.17) is 0 Å².